The van der Waals surface area contributed by atoms with Crippen LogP contribution in [0.5, 0.6) is 0 Å². The fraction of sp³-hybridized carbons (Fsp3) is 0.941. The summed E-state index contributed by atoms with van der Waals surface area (Å²) in [4.78, 5) is 11.6. The first-order valence-electron chi connectivity index (χ1n) is 8.46. The van der Waals surface area contributed by atoms with E-state index < -0.39 is 5.60 Å². The number of hydrogen-bond acceptors (Lipinski definition) is 3. The SMILES string of the molecule is CC1CCC(CCNC(C)CNC(=O)OC(C)(C)C)CC1. The lowest BCUT2D eigenvalue weighted by molar-refractivity contribution is 0.0523. The number of carbonyl (C=O) groups is 1. The Morgan fingerprint density at radius 1 is 1.24 bits per heavy atom. The molecule has 1 fully saturated rings. The maximum Gasteiger partial charge on any atom is 0.407 e. The molecule has 0 radical (unpaired) electrons. The predicted molar refractivity (Wildman–Crippen MR) is 87.4 cm³/mol. The van der Waals surface area contributed by atoms with Crippen LogP contribution in [0.25, 0.3) is 0 Å². The van der Waals surface area contributed by atoms with E-state index in [4.69, 9.17) is 4.74 Å². The Kier molecular flexibility index (Phi) is 7.50. The van der Waals surface area contributed by atoms with Crippen LogP contribution in [0.3, 0.4) is 0 Å². The van der Waals surface area contributed by atoms with Crippen LogP contribution in [0.1, 0.15) is 66.7 Å². The summed E-state index contributed by atoms with van der Waals surface area (Å²) >= 11 is 0. The molecular formula is C17H34N2O2. The molecule has 0 aromatic rings. The van der Waals surface area contributed by atoms with Gasteiger partial charge in [0.1, 0.15) is 5.60 Å². The molecule has 2 N–H and O–H groups in total. The molecular weight excluding hydrogens is 264 g/mol. The molecule has 4 heteroatoms. The molecule has 1 aliphatic carbocycles. The molecule has 0 aromatic heterocycles. The van der Waals surface area contributed by atoms with Crippen molar-refractivity contribution in [3.05, 3.63) is 0 Å². The van der Waals surface area contributed by atoms with Crippen molar-refractivity contribution in [1.82, 2.24) is 10.6 Å². The zero-order chi connectivity index (χ0) is 15.9. The van der Waals surface area contributed by atoms with E-state index in [0.717, 1.165) is 18.4 Å². The summed E-state index contributed by atoms with van der Waals surface area (Å²) in [6, 6.07) is 0.278. The number of carbonyl (C=O) groups excluding carboxylic acids is 1. The molecule has 0 aromatic carbocycles. The third-order valence-electron chi connectivity index (χ3n) is 4.13. The predicted octanol–water partition coefficient (Wildman–Crippen LogP) is 3.71. The molecule has 1 saturated carbocycles. The summed E-state index contributed by atoms with van der Waals surface area (Å²) in [5.41, 5.74) is -0.432. The highest BCUT2D eigenvalue weighted by molar-refractivity contribution is 5.67. The molecule has 0 bridgehead atoms. The number of ether oxygens (including phenoxy) is 1. The van der Waals surface area contributed by atoms with Crippen molar-refractivity contribution in [2.75, 3.05) is 13.1 Å². The van der Waals surface area contributed by atoms with E-state index in [9.17, 15) is 4.79 Å². The molecule has 1 atom stereocenters. The van der Waals surface area contributed by atoms with Gasteiger partial charge in [-0.05, 0) is 52.5 Å². The summed E-state index contributed by atoms with van der Waals surface area (Å²) in [6.45, 7) is 11.7. The second-order valence-corrected chi connectivity index (χ2v) is 7.65. The number of hydrogen-bond donors (Lipinski definition) is 2. The number of rotatable bonds is 6. The standard InChI is InChI=1S/C17H34N2O2/c1-13-6-8-15(9-7-13)10-11-18-14(2)12-19-16(20)21-17(3,4)5/h13-15,18H,6-12H2,1-5H3,(H,19,20). The van der Waals surface area contributed by atoms with Crippen LogP contribution in [0.15, 0.2) is 0 Å². The van der Waals surface area contributed by atoms with Gasteiger partial charge in [0, 0.05) is 12.6 Å². The van der Waals surface area contributed by atoms with Gasteiger partial charge in [-0.1, -0.05) is 32.6 Å². The van der Waals surface area contributed by atoms with Crippen LogP contribution in [-0.2, 0) is 4.74 Å². The topological polar surface area (TPSA) is 50.4 Å². The summed E-state index contributed by atoms with van der Waals surface area (Å²) in [7, 11) is 0. The summed E-state index contributed by atoms with van der Waals surface area (Å²) in [6.07, 6.45) is 6.46. The lowest BCUT2D eigenvalue weighted by Crippen LogP contribution is -2.41. The highest BCUT2D eigenvalue weighted by Crippen LogP contribution is 2.29. The van der Waals surface area contributed by atoms with Crippen LogP contribution in [0.4, 0.5) is 4.79 Å². The Hall–Kier alpha value is -0.770. The lowest BCUT2D eigenvalue weighted by Gasteiger charge is -2.26. The largest absolute Gasteiger partial charge is 0.444 e. The molecule has 0 aliphatic heterocycles. The number of amides is 1. The molecule has 0 heterocycles. The second-order valence-electron chi connectivity index (χ2n) is 7.65. The molecule has 4 nitrogen and oxygen atoms in total. The average molecular weight is 298 g/mol. The van der Waals surface area contributed by atoms with Crippen LogP contribution >= 0.6 is 0 Å². The van der Waals surface area contributed by atoms with Gasteiger partial charge in [0.15, 0.2) is 0 Å². The van der Waals surface area contributed by atoms with Gasteiger partial charge in [-0.25, -0.2) is 4.79 Å². The van der Waals surface area contributed by atoms with Crippen LogP contribution < -0.4 is 10.6 Å². The van der Waals surface area contributed by atoms with Crippen molar-refractivity contribution in [3.8, 4) is 0 Å². The first kappa shape index (κ1) is 18.3. The normalized spacial score (nSPS) is 24.4. The fourth-order valence-electron chi connectivity index (χ4n) is 2.77. The monoisotopic (exact) mass is 298 g/mol. The zero-order valence-corrected chi connectivity index (χ0v) is 14.5. The Bertz CT molecular complexity index is 304. The van der Waals surface area contributed by atoms with Gasteiger partial charge in [0.25, 0.3) is 0 Å². The minimum absolute atomic E-state index is 0.278. The van der Waals surface area contributed by atoms with E-state index in [1.54, 1.807) is 0 Å². The third kappa shape index (κ3) is 8.97. The Morgan fingerprint density at radius 3 is 2.43 bits per heavy atom. The highest BCUT2D eigenvalue weighted by Gasteiger charge is 2.18. The van der Waals surface area contributed by atoms with E-state index >= 15 is 0 Å². The Morgan fingerprint density at radius 2 is 1.86 bits per heavy atom. The van der Waals surface area contributed by atoms with E-state index in [1.807, 2.05) is 20.8 Å². The van der Waals surface area contributed by atoms with Crippen molar-refractivity contribution in [1.29, 1.82) is 0 Å². The van der Waals surface area contributed by atoms with Gasteiger partial charge >= 0.3 is 6.09 Å². The van der Waals surface area contributed by atoms with Crippen molar-refractivity contribution < 1.29 is 9.53 Å². The molecule has 21 heavy (non-hydrogen) atoms. The van der Waals surface area contributed by atoms with Gasteiger partial charge in [-0.3, -0.25) is 0 Å². The molecule has 0 saturated heterocycles. The van der Waals surface area contributed by atoms with E-state index in [1.165, 1.54) is 32.1 Å². The summed E-state index contributed by atoms with van der Waals surface area (Å²) in [5, 5.41) is 6.30. The van der Waals surface area contributed by atoms with Gasteiger partial charge < -0.3 is 15.4 Å². The van der Waals surface area contributed by atoms with Crippen molar-refractivity contribution >= 4 is 6.09 Å². The molecule has 124 valence electrons. The molecule has 0 spiro atoms. The van der Waals surface area contributed by atoms with Gasteiger partial charge in [-0.15, -0.1) is 0 Å². The van der Waals surface area contributed by atoms with Crippen LogP contribution in [-0.4, -0.2) is 30.8 Å². The molecule has 1 amide bonds. The van der Waals surface area contributed by atoms with E-state index in [0.29, 0.717) is 6.54 Å². The summed E-state index contributed by atoms with van der Waals surface area (Å²) < 4.78 is 5.22. The minimum atomic E-state index is -0.432. The maximum absolute atomic E-state index is 11.6. The number of nitrogens with one attached hydrogen (secondary N) is 2. The lowest BCUT2D eigenvalue weighted by atomic mass is 9.81. The number of alkyl carbamates (subject to hydrolysis) is 1. The average Bonchev–Trinajstić information content (AvgIpc) is 2.37. The first-order valence-corrected chi connectivity index (χ1v) is 8.46. The van der Waals surface area contributed by atoms with Gasteiger partial charge in [0.05, 0.1) is 0 Å². The van der Waals surface area contributed by atoms with E-state index in [-0.39, 0.29) is 12.1 Å². The zero-order valence-electron chi connectivity index (χ0n) is 14.5. The minimum Gasteiger partial charge on any atom is -0.444 e. The first-order chi connectivity index (χ1) is 9.76. The van der Waals surface area contributed by atoms with Crippen molar-refractivity contribution in [2.24, 2.45) is 11.8 Å². The van der Waals surface area contributed by atoms with Crippen molar-refractivity contribution in [2.45, 2.75) is 78.4 Å². The smallest absolute Gasteiger partial charge is 0.407 e. The van der Waals surface area contributed by atoms with E-state index in [2.05, 4.69) is 24.5 Å². The third-order valence-corrected chi connectivity index (χ3v) is 4.13. The molecule has 1 aliphatic rings. The second kappa shape index (κ2) is 8.62. The Balaban J connectivity index is 2.06. The maximum atomic E-state index is 11.6. The van der Waals surface area contributed by atoms with Gasteiger partial charge in [-0.2, -0.15) is 0 Å². The van der Waals surface area contributed by atoms with Crippen molar-refractivity contribution in [3.63, 3.8) is 0 Å². The fourth-order valence-corrected chi connectivity index (χ4v) is 2.77. The highest BCUT2D eigenvalue weighted by atomic mass is 16.6. The molecule has 1 rings (SSSR count). The summed E-state index contributed by atoms with van der Waals surface area (Å²) in [5.74, 6) is 1.81. The van der Waals surface area contributed by atoms with Crippen LogP contribution in [0, 0.1) is 11.8 Å². The van der Waals surface area contributed by atoms with Gasteiger partial charge in [0.2, 0.25) is 0 Å². The Labute approximate surface area is 130 Å². The quantitative estimate of drug-likeness (QED) is 0.786. The molecule has 1 unspecified atom stereocenters. The van der Waals surface area contributed by atoms with Crippen LogP contribution in [0.2, 0.25) is 0 Å².